The zero-order valence-corrected chi connectivity index (χ0v) is 15.3. The number of benzene rings is 2. The zero-order valence-electron chi connectivity index (χ0n) is 13.7. The van der Waals surface area contributed by atoms with Gasteiger partial charge in [0.15, 0.2) is 0 Å². The molecule has 0 atom stereocenters. The van der Waals surface area contributed by atoms with Crippen LogP contribution in [0.4, 0.5) is 11.6 Å². The molecule has 0 spiro atoms. The first-order valence-electron chi connectivity index (χ1n) is 7.98. The van der Waals surface area contributed by atoms with Gasteiger partial charge in [0, 0.05) is 18.9 Å². The number of rotatable bonds is 6. The number of carbonyl (C=O) groups excluding carboxylic acids is 1. The van der Waals surface area contributed by atoms with E-state index in [-0.39, 0.29) is 5.91 Å². The van der Waals surface area contributed by atoms with Crippen LogP contribution in [0.3, 0.4) is 0 Å². The predicted molar refractivity (Wildman–Crippen MR) is 105 cm³/mol. The maximum absolute atomic E-state index is 12.3. The Morgan fingerprint density at radius 3 is 2.23 bits per heavy atom. The lowest BCUT2D eigenvalue weighted by molar-refractivity contribution is 0.102. The molecule has 3 aromatic rings. The molecule has 1 aromatic heterocycles. The van der Waals surface area contributed by atoms with Crippen LogP contribution in [-0.2, 0) is 6.42 Å². The molecule has 0 aliphatic carbocycles. The second kappa shape index (κ2) is 8.65. The minimum atomic E-state index is -0.379. The van der Waals surface area contributed by atoms with Crippen LogP contribution in [0.25, 0.3) is 0 Å². The highest BCUT2D eigenvalue weighted by Gasteiger charge is 2.12. The molecule has 2 aromatic carbocycles. The lowest BCUT2D eigenvalue weighted by atomic mass is 10.1. The number of hydrogen-bond acceptors (Lipinski definition) is 4. The van der Waals surface area contributed by atoms with E-state index in [9.17, 15) is 4.79 Å². The van der Waals surface area contributed by atoms with Crippen LogP contribution in [0.15, 0.2) is 60.9 Å². The Morgan fingerprint density at radius 1 is 0.923 bits per heavy atom. The first-order valence-corrected chi connectivity index (χ1v) is 8.74. The van der Waals surface area contributed by atoms with Crippen molar-refractivity contribution in [2.45, 2.75) is 6.42 Å². The van der Waals surface area contributed by atoms with Crippen LogP contribution in [0.5, 0.6) is 0 Å². The van der Waals surface area contributed by atoms with Crippen molar-refractivity contribution in [1.82, 2.24) is 9.97 Å². The lowest BCUT2D eigenvalue weighted by Crippen LogP contribution is -2.14. The molecular weight excluding hydrogens is 371 g/mol. The highest BCUT2D eigenvalue weighted by molar-refractivity contribution is 6.40. The molecular formula is C19H16Cl2N4O. The smallest absolute Gasteiger partial charge is 0.258 e. The number of carbonyl (C=O) groups is 1. The average molecular weight is 387 g/mol. The summed E-state index contributed by atoms with van der Waals surface area (Å²) in [6, 6.07) is 15.1. The average Bonchev–Trinajstić information content (AvgIpc) is 2.66. The zero-order chi connectivity index (χ0) is 18.4. The molecule has 0 radical (unpaired) electrons. The van der Waals surface area contributed by atoms with E-state index in [0.717, 1.165) is 6.42 Å². The Bertz CT molecular complexity index is 866. The first-order chi connectivity index (χ1) is 12.6. The first kappa shape index (κ1) is 18.2. The normalized spacial score (nSPS) is 10.4. The number of nitrogens with one attached hydrogen (secondary N) is 2. The van der Waals surface area contributed by atoms with Gasteiger partial charge in [0.2, 0.25) is 5.95 Å². The SMILES string of the molecule is O=C(Nc1c(Cl)cccc1Cl)c1cnc(NCCc2ccccc2)nc1. The van der Waals surface area contributed by atoms with Crippen molar-refractivity contribution in [2.75, 3.05) is 17.2 Å². The van der Waals surface area contributed by atoms with Crippen molar-refractivity contribution >= 4 is 40.7 Å². The molecule has 2 N–H and O–H groups in total. The van der Waals surface area contributed by atoms with Crippen molar-refractivity contribution in [3.63, 3.8) is 0 Å². The molecule has 0 aliphatic rings. The third kappa shape index (κ3) is 4.71. The van der Waals surface area contributed by atoms with Crippen LogP contribution in [0.2, 0.25) is 10.0 Å². The van der Waals surface area contributed by atoms with Gasteiger partial charge in [-0.3, -0.25) is 4.79 Å². The highest BCUT2D eigenvalue weighted by Crippen LogP contribution is 2.30. The van der Waals surface area contributed by atoms with Crippen molar-refractivity contribution in [2.24, 2.45) is 0 Å². The van der Waals surface area contributed by atoms with Gasteiger partial charge in [-0.2, -0.15) is 0 Å². The van der Waals surface area contributed by atoms with Gasteiger partial charge in [0.05, 0.1) is 21.3 Å². The van der Waals surface area contributed by atoms with E-state index in [2.05, 4.69) is 32.7 Å². The molecule has 0 saturated heterocycles. The van der Waals surface area contributed by atoms with E-state index in [4.69, 9.17) is 23.2 Å². The number of hydrogen-bond donors (Lipinski definition) is 2. The molecule has 26 heavy (non-hydrogen) atoms. The van der Waals surface area contributed by atoms with E-state index in [1.54, 1.807) is 18.2 Å². The third-order valence-corrected chi connectivity index (χ3v) is 4.28. The number of anilines is 2. The van der Waals surface area contributed by atoms with Gasteiger partial charge < -0.3 is 10.6 Å². The molecule has 7 heteroatoms. The molecule has 0 bridgehead atoms. The van der Waals surface area contributed by atoms with Crippen LogP contribution in [0, 0.1) is 0 Å². The summed E-state index contributed by atoms with van der Waals surface area (Å²) in [6.07, 6.45) is 3.77. The number of aromatic nitrogens is 2. The van der Waals surface area contributed by atoms with E-state index in [1.165, 1.54) is 18.0 Å². The third-order valence-electron chi connectivity index (χ3n) is 3.65. The standard InChI is InChI=1S/C19H16Cl2N4O/c20-15-7-4-8-16(21)17(15)25-18(26)14-11-23-19(24-12-14)22-10-9-13-5-2-1-3-6-13/h1-8,11-12H,9-10H2,(H,25,26)(H,22,23,24). The molecule has 3 rings (SSSR count). The Balaban J connectivity index is 1.57. The summed E-state index contributed by atoms with van der Waals surface area (Å²) in [6.45, 7) is 0.699. The van der Waals surface area contributed by atoms with Gasteiger partial charge in [-0.25, -0.2) is 9.97 Å². The molecule has 0 fully saturated rings. The number of halogens is 2. The summed E-state index contributed by atoms with van der Waals surface area (Å²) >= 11 is 12.1. The topological polar surface area (TPSA) is 66.9 Å². The van der Waals surface area contributed by atoms with Crippen LogP contribution < -0.4 is 10.6 Å². The van der Waals surface area contributed by atoms with E-state index >= 15 is 0 Å². The molecule has 0 unspecified atom stereocenters. The fourth-order valence-electron chi connectivity index (χ4n) is 2.30. The number of para-hydroxylation sites is 1. The van der Waals surface area contributed by atoms with E-state index in [0.29, 0.717) is 33.8 Å². The summed E-state index contributed by atoms with van der Waals surface area (Å²) in [5.41, 5.74) is 1.91. The maximum atomic E-state index is 12.3. The molecule has 0 saturated carbocycles. The Hall–Kier alpha value is -2.63. The van der Waals surface area contributed by atoms with Gasteiger partial charge >= 0.3 is 0 Å². The van der Waals surface area contributed by atoms with Crippen molar-refractivity contribution in [3.8, 4) is 0 Å². The van der Waals surface area contributed by atoms with Crippen LogP contribution in [0.1, 0.15) is 15.9 Å². The summed E-state index contributed by atoms with van der Waals surface area (Å²) in [5, 5.41) is 6.54. The van der Waals surface area contributed by atoms with Gasteiger partial charge in [-0.15, -0.1) is 0 Å². The molecule has 0 aliphatic heterocycles. The van der Waals surface area contributed by atoms with Crippen molar-refractivity contribution < 1.29 is 4.79 Å². The molecule has 1 amide bonds. The largest absolute Gasteiger partial charge is 0.354 e. The van der Waals surface area contributed by atoms with Crippen molar-refractivity contribution in [3.05, 3.63) is 82.1 Å². The number of nitrogens with zero attached hydrogens (tertiary/aromatic N) is 2. The quantitative estimate of drug-likeness (QED) is 0.644. The summed E-state index contributed by atoms with van der Waals surface area (Å²) in [7, 11) is 0. The Morgan fingerprint density at radius 2 is 1.58 bits per heavy atom. The summed E-state index contributed by atoms with van der Waals surface area (Å²) in [4.78, 5) is 20.6. The monoisotopic (exact) mass is 386 g/mol. The fraction of sp³-hybridized carbons (Fsp3) is 0.105. The second-order valence-electron chi connectivity index (χ2n) is 5.51. The Labute approximate surface area is 161 Å². The lowest BCUT2D eigenvalue weighted by Gasteiger charge is -2.09. The Kier molecular flexibility index (Phi) is 6.04. The van der Waals surface area contributed by atoms with Gasteiger partial charge in [-0.1, -0.05) is 59.6 Å². The van der Waals surface area contributed by atoms with Gasteiger partial charge in [0.25, 0.3) is 5.91 Å². The van der Waals surface area contributed by atoms with Gasteiger partial charge in [0.1, 0.15) is 0 Å². The van der Waals surface area contributed by atoms with Crippen molar-refractivity contribution in [1.29, 1.82) is 0 Å². The molecule has 1 heterocycles. The molecule has 5 nitrogen and oxygen atoms in total. The minimum absolute atomic E-state index is 0.314. The summed E-state index contributed by atoms with van der Waals surface area (Å²) in [5.74, 6) is 0.0871. The van der Waals surface area contributed by atoms with Gasteiger partial charge in [-0.05, 0) is 24.1 Å². The van der Waals surface area contributed by atoms with E-state index in [1.807, 2.05) is 18.2 Å². The van der Waals surface area contributed by atoms with E-state index < -0.39 is 0 Å². The maximum Gasteiger partial charge on any atom is 0.258 e. The second-order valence-corrected chi connectivity index (χ2v) is 6.32. The number of amides is 1. The minimum Gasteiger partial charge on any atom is -0.354 e. The molecule has 132 valence electrons. The summed E-state index contributed by atoms with van der Waals surface area (Å²) < 4.78 is 0. The highest BCUT2D eigenvalue weighted by atomic mass is 35.5. The van der Waals surface area contributed by atoms with Crippen LogP contribution >= 0.6 is 23.2 Å². The predicted octanol–water partition coefficient (Wildman–Crippen LogP) is 4.69. The fourth-order valence-corrected chi connectivity index (χ4v) is 2.79. The van der Waals surface area contributed by atoms with Crippen LogP contribution in [-0.4, -0.2) is 22.4 Å².